The van der Waals surface area contributed by atoms with Gasteiger partial charge in [-0.25, -0.2) is 4.79 Å². The second-order valence-corrected chi connectivity index (χ2v) is 9.71. The number of urea groups is 1. The van der Waals surface area contributed by atoms with E-state index in [0.717, 1.165) is 29.7 Å². The number of carbonyl (C=O) groups is 3. The molecule has 2 N–H and O–H groups in total. The van der Waals surface area contributed by atoms with Gasteiger partial charge < -0.3 is 10.6 Å². The first-order valence-corrected chi connectivity index (χ1v) is 10.6. The Morgan fingerprint density at radius 3 is 2.38 bits per heavy atom. The summed E-state index contributed by atoms with van der Waals surface area (Å²) in [6, 6.07) is 7.33. The van der Waals surface area contributed by atoms with Crippen LogP contribution in [0.2, 0.25) is 0 Å². The molecule has 6 nitrogen and oxygen atoms in total. The molecule has 0 spiro atoms. The Bertz CT molecular complexity index is 797. The van der Waals surface area contributed by atoms with Crippen molar-refractivity contribution in [1.29, 1.82) is 0 Å². The number of benzene rings is 1. The van der Waals surface area contributed by atoms with Crippen molar-refractivity contribution in [2.75, 3.05) is 6.54 Å². The molecule has 2 fully saturated rings. The summed E-state index contributed by atoms with van der Waals surface area (Å²) in [5.41, 5.74) is 0.710. The Morgan fingerprint density at radius 2 is 1.79 bits per heavy atom. The molecule has 1 heterocycles. The number of hydrogen-bond acceptors (Lipinski definition) is 3. The van der Waals surface area contributed by atoms with E-state index in [9.17, 15) is 14.4 Å². The van der Waals surface area contributed by atoms with Gasteiger partial charge in [-0.2, -0.15) is 0 Å². The van der Waals surface area contributed by atoms with E-state index in [2.05, 4.69) is 38.3 Å². The van der Waals surface area contributed by atoms with E-state index in [1.54, 1.807) is 6.92 Å². The highest BCUT2D eigenvalue weighted by atomic mass is 16.2. The molecular weight excluding hydrogens is 366 g/mol. The fraction of sp³-hybridized carbons (Fsp3) is 0.609. The van der Waals surface area contributed by atoms with Gasteiger partial charge in [0.2, 0.25) is 5.91 Å². The summed E-state index contributed by atoms with van der Waals surface area (Å²) < 4.78 is 0. The number of rotatable bonds is 4. The van der Waals surface area contributed by atoms with Crippen molar-refractivity contribution in [2.24, 2.45) is 5.92 Å². The molecule has 1 aromatic rings. The van der Waals surface area contributed by atoms with Gasteiger partial charge in [-0.05, 0) is 42.2 Å². The SMILES string of the molecule is C[C@@H]1CCCC[C@@H]1NC(=O)CN1C(=O)N[C@](C)(c2ccc(C(C)(C)C)cc2)C1=O. The first kappa shape index (κ1) is 21.3. The van der Waals surface area contributed by atoms with Gasteiger partial charge in [-0.1, -0.05) is 64.8 Å². The zero-order valence-corrected chi connectivity index (χ0v) is 18.2. The lowest BCUT2D eigenvalue weighted by molar-refractivity contribution is -0.135. The molecule has 158 valence electrons. The Morgan fingerprint density at radius 1 is 1.17 bits per heavy atom. The predicted octanol–water partition coefficient (Wildman–Crippen LogP) is 3.45. The zero-order chi connectivity index (χ0) is 21.4. The van der Waals surface area contributed by atoms with Crippen LogP contribution in [0.25, 0.3) is 0 Å². The summed E-state index contributed by atoms with van der Waals surface area (Å²) in [5, 5.41) is 5.79. The summed E-state index contributed by atoms with van der Waals surface area (Å²) in [7, 11) is 0. The number of amides is 4. The molecule has 4 amide bonds. The minimum absolute atomic E-state index is 0.00273. The Hall–Kier alpha value is -2.37. The van der Waals surface area contributed by atoms with E-state index in [1.165, 1.54) is 6.42 Å². The molecule has 0 aromatic heterocycles. The van der Waals surface area contributed by atoms with Crippen molar-refractivity contribution >= 4 is 17.8 Å². The molecule has 3 atom stereocenters. The van der Waals surface area contributed by atoms with Gasteiger partial charge in [0, 0.05) is 6.04 Å². The lowest BCUT2D eigenvalue weighted by atomic mass is 9.84. The molecule has 0 radical (unpaired) electrons. The number of nitrogens with one attached hydrogen (secondary N) is 2. The summed E-state index contributed by atoms with van der Waals surface area (Å²) in [5.74, 6) is -0.250. The van der Waals surface area contributed by atoms with Crippen molar-refractivity contribution < 1.29 is 14.4 Å². The van der Waals surface area contributed by atoms with Crippen LogP contribution in [0.3, 0.4) is 0 Å². The van der Waals surface area contributed by atoms with Crippen molar-refractivity contribution in [2.45, 2.75) is 77.3 Å². The average molecular weight is 400 g/mol. The van der Waals surface area contributed by atoms with Gasteiger partial charge in [-0.15, -0.1) is 0 Å². The number of imide groups is 1. The second kappa shape index (κ2) is 7.81. The molecule has 29 heavy (non-hydrogen) atoms. The molecule has 0 bridgehead atoms. The van der Waals surface area contributed by atoms with Crippen LogP contribution >= 0.6 is 0 Å². The molecule has 2 aliphatic rings. The topological polar surface area (TPSA) is 78.5 Å². The minimum atomic E-state index is -1.16. The number of hydrogen-bond donors (Lipinski definition) is 2. The molecule has 1 saturated heterocycles. The van der Waals surface area contributed by atoms with Crippen LogP contribution in [0.1, 0.15) is 71.4 Å². The maximum atomic E-state index is 13.1. The molecule has 6 heteroatoms. The molecule has 1 aliphatic carbocycles. The van der Waals surface area contributed by atoms with Crippen LogP contribution < -0.4 is 10.6 Å². The van der Waals surface area contributed by atoms with Crippen LogP contribution in [0.15, 0.2) is 24.3 Å². The largest absolute Gasteiger partial charge is 0.352 e. The zero-order valence-electron chi connectivity index (χ0n) is 18.2. The average Bonchev–Trinajstić information content (AvgIpc) is 2.87. The first-order chi connectivity index (χ1) is 13.5. The third-order valence-electron chi connectivity index (χ3n) is 6.36. The molecule has 1 saturated carbocycles. The highest BCUT2D eigenvalue weighted by Gasteiger charge is 2.49. The van der Waals surface area contributed by atoms with Crippen LogP contribution in [-0.2, 0) is 20.5 Å². The van der Waals surface area contributed by atoms with Gasteiger partial charge in [0.15, 0.2) is 0 Å². The quantitative estimate of drug-likeness (QED) is 0.761. The number of carbonyl (C=O) groups excluding carboxylic acids is 3. The number of nitrogens with zero attached hydrogens (tertiary/aromatic N) is 1. The molecule has 1 aromatic carbocycles. The molecule has 1 aliphatic heterocycles. The van der Waals surface area contributed by atoms with Crippen LogP contribution in [-0.4, -0.2) is 35.3 Å². The van der Waals surface area contributed by atoms with Gasteiger partial charge >= 0.3 is 6.03 Å². The second-order valence-electron chi connectivity index (χ2n) is 9.71. The first-order valence-electron chi connectivity index (χ1n) is 10.6. The smallest absolute Gasteiger partial charge is 0.325 e. The van der Waals surface area contributed by atoms with Crippen molar-refractivity contribution in [3.05, 3.63) is 35.4 Å². The van der Waals surface area contributed by atoms with Crippen molar-refractivity contribution in [1.82, 2.24) is 15.5 Å². The van der Waals surface area contributed by atoms with Gasteiger partial charge in [0.25, 0.3) is 5.91 Å². The fourth-order valence-electron chi connectivity index (χ4n) is 4.27. The summed E-state index contributed by atoms with van der Waals surface area (Å²) in [6.07, 6.45) is 4.33. The molecule has 3 rings (SSSR count). The van der Waals surface area contributed by atoms with Gasteiger partial charge in [0.05, 0.1) is 0 Å². The summed E-state index contributed by atoms with van der Waals surface area (Å²) >= 11 is 0. The molecular formula is C23H33N3O3. The third-order valence-corrected chi connectivity index (χ3v) is 6.36. The summed E-state index contributed by atoms with van der Waals surface area (Å²) in [6.45, 7) is 9.96. The summed E-state index contributed by atoms with van der Waals surface area (Å²) in [4.78, 5) is 39.1. The van der Waals surface area contributed by atoms with Crippen LogP contribution in [0, 0.1) is 5.92 Å². The van der Waals surface area contributed by atoms with E-state index in [1.807, 2.05) is 24.3 Å². The van der Waals surface area contributed by atoms with E-state index in [0.29, 0.717) is 11.5 Å². The van der Waals surface area contributed by atoms with Crippen molar-refractivity contribution in [3.63, 3.8) is 0 Å². The van der Waals surface area contributed by atoms with E-state index in [-0.39, 0.29) is 23.9 Å². The van der Waals surface area contributed by atoms with Gasteiger partial charge in [0.1, 0.15) is 12.1 Å². The highest BCUT2D eigenvalue weighted by Crippen LogP contribution is 2.31. The van der Waals surface area contributed by atoms with Gasteiger partial charge in [-0.3, -0.25) is 14.5 Å². The van der Waals surface area contributed by atoms with Crippen molar-refractivity contribution in [3.8, 4) is 0 Å². The standard InChI is InChI=1S/C23H33N3O3/c1-15-8-6-7-9-18(15)24-19(27)14-26-20(28)23(5,25-21(26)29)17-12-10-16(11-13-17)22(2,3)4/h10-13,15,18H,6-9,14H2,1-5H3,(H,24,27)(H,25,29)/t15-,18+,23-/m1/s1. The predicted molar refractivity (Wildman–Crippen MR) is 112 cm³/mol. The Labute approximate surface area is 173 Å². The Kier molecular flexibility index (Phi) is 5.74. The Balaban J connectivity index is 1.70. The maximum Gasteiger partial charge on any atom is 0.325 e. The third kappa shape index (κ3) is 4.31. The molecule has 0 unspecified atom stereocenters. The van der Waals surface area contributed by atoms with E-state index in [4.69, 9.17) is 0 Å². The van der Waals surface area contributed by atoms with Crippen LogP contribution in [0.5, 0.6) is 0 Å². The van der Waals surface area contributed by atoms with E-state index >= 15 is 0 Å². The fourth-order valence-corrected chi connectivity index (χ4v) is 4.27. The normalized spacial score (nSPS) is 27.7. The highest BCUT2D eigenvalue weighted by molar-refractivity contribution is 6.09. The maximum absolute atomic E-state index is 13.1. The van der Waals surface area contributed by atoms with E-state index < -0.39 is 17.5 Å². The lowest BCUT2D eigenvalue weighted by Gasteiger charge is -2.30. The monoisotopic (exact) mass is 399 g/mol. The minimum Gasteiger partial charge on any atom is -0.352 e. The lowest BCUT2D eigenvalue weighted by Crippen LogP contribution is -2.47. The van der Waals surface area contributed by atoms with Crippen LogP contribution in [0.4, 0.5) is 4.79 Å².